The number of rotatable bonds is 6. The number of carbonyl (C=O) groups is 2. The quantitative estimate of drug-likeness (QED) is 0.502. The molecule has 5 N–H and O–H groups in total. The van der Waals surface area contributed by atoms with Crippen LogP contribution < -0.4 is 16.0 Å². The maximum atomic E-state index is 12.1. The third-order valence-electron chi connectivity index (χ3n) is 4.54. The molecular weight excluding hydrogens is 362 g/mol. The molecule has 148 valence electrons. The molecule has 0 spiro atoms. The highest BCUT2D eigenvalue weighted by molar-refractivity contribution is 5.94. The molecule has 8 heteroatoms. The van der Waals surface area contributed by atoms with Crippen LogP contribution in [0.15, 0.2) is 60.7 Å². The monoisotopic (exact) mass is 385 g/mol. The van der Waals surface area contributed by atoms with Gasteiger partial charge in [0.05, 0.1) is 13.2 Å². The Morgan fingerprint density at radius 2 is 1.68 bits per heavy atom. The van der Waals surface area contributed by atoms with Gasteiger partial charge in [-0.3, -0.25) is 4.79 Å². The Morgan fingerprint density at radius 3 is 2.36 bits per heavy atom. The Morgan fingerprint density at radius 1 is 1.04 bits per heavy atom. The fourth-order valence-electron chi connectivity index (χ4n) is 2.92. The van der Waals surface area contributed by atoms with Crippen molar-refractivity contribution in [2.45, 2.75) is 17.8 Å². The lowest BCUT2D eigenvalue weighted by Crippen LogP contribution is -2.53. The van der Waals surface area contributed by atoms with Crippen LogP contribution >= 0.6 is 0 Å². The van der Waals surface area contributed by atoms with Crippen LogP contribution in [0.1, 0.15) is 10.4 Å². The van der Waals surface area contributed by atoms with Gasteiger partial charge in [-0.25, -0.2) is 4.79 Å². The number of para-hydroxylation sites is 1. The van der Waals surface area contributed by atoms with E-state index in [0.717, 1.165) is 0 Å². The summed E-state index contributed by atoms with van der Waals surface area (Å²) in [5.41, 5.74) is -0.546. The number of aliphatic hydroxyl groups excluding tert-OH is 1. The molecule has 1 saturated heterocycles. The molecule has 0 unspecified atom stereocenters. The van der Waals surface area contributed by atoms with Gasteiger partial charge in [0, 0.05) is 17.8 Å². The first-order valence-electron chi connectivity index (χ1n) is 8.93. The zero-order valence-electron chi connectivity index (χ0n) is 15.2. The molecule has 2 aromatic rings. The zero-order valence-corrected chi connectivity index (χ0v) is 15.2. The van der Waals surface area contributed by atoms with E-state index in [1.807, 2.05) is 6.07 Å². The van der Waals surface area contributed by atoms with Crippen molar-refractivity contribution in [1.82, 2.24) is 10.6 Å². The Labute approximate surface area is 162 Å². The van der Waals surface area contributed by atoms with Gasteiger partial charge < -0.3 is 30.9 Å². The number of aliphatic hydroxyl groups is 2. The van der Waals surface area contributed by atoms with Gasteiger partial charge >= 0.3 is 6.03 Å². The Hall–Kier alpha value is -2.94. The minimum absolute atomic E-state index is 0.00871. The van der Waals surface area contributed by atoms with E-state index in [2.05, 4.69) is 16.0 Å². The van der Waals surface area contributed by atoms with Crippen LogP contribution in [0.5, 0.6) is 0 Å². The number of anilines is 1. The molecule has 8 nitrogen and oxygen atoms in total. The molecule has 1 aliphatic rings. The van der Waals surface area contributed by atoms with E-state index >= 15 is 0 Å². The third-order valence-corrected chi connectivity index (χ3v) is 4.54. The van der Waals surface area contributed by atoms with Crippen molar-refractivity contribution < 1.29 is 24.5 Å². The summed E-state index contributed by atoms with van der Waals surface area (Å²) in [4.78, 5) is 24.0. The van der Waals surface area contributed by atoms with E-state index in [-0.39, 0.29) is 25.6 Å². The maximum Gasteiger partial charge on any atom is 0.319 e. The first-order valence-corrected chi connectivity index (χ1v) is 8.93. The van der Waals surface area contributed by atoms with E-state index in [0.29, 0.717) is 11.3 Å². The molecule has 1 aliphatic heterocycles. The second-order valence-corrected chi connectivity index (χ2v) is 6.65. The summed E-state index contributed by atoms with van der Waals surface area (Å²) in [6.07, 6.45) is -2.05. The van der Waals surface area contributed by atoms with Crippen LogP contribution in [0.2, 0.25) is 0 Å². The van der Waals surface area contributed by atoms with Gasteiger partial charge in [0.1, 0.15) is 17.8 Å². The first-order chi connectivity index (χ1) is 13.5. The topological polar surface area (TPSA) is 120 Å². The molecule has 28 heavy (non-hydrogen) atoms. The summed E-state index contributed by atoms with van der Waals surface area (Å²) >= 11 is 0. The van der Waals surface area contributed by atoms with Crippen LogP contribution in [-0.4, -0.2) is 59.7 Å². The molecule has 0 bridgehead atoms. The molecule has 0 aromatic heterocycles. The zero-order chi connectivity index (χ0) is 20.0. The van der Waals surface area contributed by atoms with Gasteiger partial charge in [0.15, 0.2) is 0 Å². The molecule has 3 rings (SSSR count). The van der Waals surface area contributed by atoms with Crippen LogP contribution in [0.25, 0.3) is 0 Å². The number of hydrogen-bond acceptors (Lipinski definition) is 5. The van der Waals surface area contributed by atoms with Gasteiger partial charge in [-0.1, -0.05) is 36.4 Å². The second kappa shape index (κ2) is 8.83. The van der Waals surface area contributed by atoms with E-state index in [9.17, 15) is 19.8 Å². The number of nitrogens with one attached hydrogen (secondary N) is 3. The Kier molecular flexibility index (Phi) is 6.25. The van der Waals surface area contributed by atoms with Crippen molar-refractivity contribution in [2.75, 3.05) is 25.0 Å². The lowest BCUT2D eigenvalue weighted by molar-refractivity contribution is -0.0463. The van der Waals surface area contributed by atoms with Crippen LogP contribution in [0.4, 0.5) is 10.5 Å². The van der Waals surface area contributed by atoms with Crippen LogP contribution in [-0.2, 0) is 4.74 Å². The molecule has 0 aliphatic carbocycles. The SMILES string of the molecule is O=C(NC[C@H]1OC[C@@](O)(CNC(=O)c2ccccc2)[C@@H]1O)Nc1ccccc1. The number of hydrogen-bond donors (Lipinski definition) is 5. The van der Waals surface area contributed by atoms with Gasteiger partial charge in [0.25, 0.3) is 5.91 Å². The van der Waals surface area contributed by atoms with Crippen molar-refractivity contribution in [3.8, 4) is 0 Å². The van der Waals surface area contributed by atoms with E-state index in [1.54, 1.807) is 54.6 Å². The number of ether oxygens (including phenoxy) is 1. The number of amides is 3. The predicted octanol–water partition coefficient (Wildman–Crippen LogP) is 0.729. The molecular formula is C20H23N3O5. The van der Waals surface area contributed by atoms with Crippen LogP contribution in [0, 0.1) is 0 Å². The number of urea groups is 1. The van der Waals surface area contributed by atoms with Gasteiger partial charge in [-0.15, -0.1) is 0 Å². The fourth-order valence-corrected chi connectivity index (χ4v) is 2.92. The van der Waals surface area contributed by atoms with Crippen molar-refractivity contribution in [1.29, 1.82) is 0 Å². The van der Waals surface area contributed by atoms with Crippen molar-refractivity contribution in [3.63, 3.8) is 0 Å². The van der Waals surface area contributed by atoms with Crippen molar-refractivity contribution >= 4 is 17.6 Å². The summed E-state index contributed by atoms with van der Waals surface area (Å²) < 4.78 is 5.43. The summed E-state index contributed by atoms with van der Waals surface area (Å²) in [7, 11) is 0. The average molecular weight is 385 g/mol. The molecule has 3 atom stereocenters. The minimum Gasteiger partial charge on any atom is -0.387 e. The summed E-state index contributed by atoms with van der Waals surface area (Å²) in [6.45, 7) is -0.320. The highest BCUT2D eigenvalue weighted by Gasteiger charge is 2.48. The van der Waals surface area contributed by atoms with Gasteiger partial charge in [0.2, 0.25) is 0 Å². The Bertz CT molecular complexity index is 802. The molecule has 3 amide bonds. The molecule has 1 heterocycles. The molecule has 1 fully saturated rings. The first kappa shape index (κ1) is 19.8. The average Bonchev–Trinajstić information content (AvgIpc) is 3.00. The lowest BCUT2D eigenvalue weighted by Gasteiger charge is -2.26. The summed E-state index contributed by atoms with van der Waals surface area (Å²) in [5, 5.41) is 28.9. The maximum absolute atomic E-state index is 12.1. The van der Waals surface area contributed by atoms with Crippen molar-refractivity contribution in [2.24, 2.45) is 0 Å². The lowest BCUT2D eigenvalue weighted by atomic mass is 9.96. The number of benzene rings is 2. The van der Waals surface area contributed by atoms with Gasteiger partial charge in [-0.2, -0.15) is 0 Å². The molecule has 0 saturated carbocycles. The third kappa shape index (κ3) is 4.86. The molecule has 2 aromatic carbocycles. The second-order valence-electron chi connectivity index (χ2n) is 6.65. The largest absolute Gasteiger partial charge is 0.387 e. The van der Waals surface area contributed by atoms with Crippen LogP contribution in [0.3, 0.4) is 0 Å². The number of carbonyl (C=O) groups excluding carboxylic acids is 2. The summed E-state index contributed by atoms with van der Waals surface area (Å²) in [6, 6.07) is 17.0. The van der Waals surface area contributed by atoms with Gasteiger partial charge in [-0.05, 0) is 24.3 Å². The standard InChI is InChI=1S/C20H23N3O5/c24-17-16(11-21-19(26)23-15-9-5-2-6-10-15)28-13-20(17,27)12-22-18(25)14-7-3-1-4-8-14/h1-10,16-17,24,27H,11-13H2,(H,22,25)(H2,21,23,26)/t16-,17-,20+/m1/s1. The highest BCUT2D eigenvalue weighted by Crippen LogP contribution is 2.24. The fraction of sp³-hybridized carbons (Fsp3) is 0.300. The van der Waals surface area contributed by atoms with Crippen molar-refractivity contribution in [3.05, 3.63) is 66.2 Å². The normalized spacial score (nSPS) is 23.8. The Balaban J connectivity index is 1.47. The molecule has 0 radical (unpaired) electrons. The summed E-state index contributed by atoms with van der Waals surface area (Å²) in [5.74, 6) is -0.356. The smallest absolute Gasteiger partial charge is 0.319 e. The van der Waals surface area contributed by atoms with E-state index in [4.69, 9.17) is 4.74 Å². The minimum atomic E-state index is -1.63. The van der Waals surface area contributed by atoms with E-state index < -0.39 is 23.8 Å². The predicted molar refractivity (Wildman–Crippen MR) is 103 cm³/mol. The van der Waals surface area contributed by atoms with E-state index in [1.165, 1.54) is 0 Å². The highest BCUT2D eigenvalue weighted by atomic mass is 16.5.